The largest absolute Gasteiger partial charge is 0.247 e. The molecule has 0 spiro atoms. The van der Waals surface area contributed by atoms with E-state index in [2.05, 4.69) is 188 Å². The topological polar surface area (TPSA) is 38.7 Å². The normalized spacial score (nSPS) is 11.3. The number of rotatable bonds is 6. The van der Waals surface area contributed by atoms with Gasteiger partial charge in [0.25, 0.3) is 0 Å². The van der Waals surface area contributed by atoms with Crippen molar-refractivity contribution in [2.45, 2.75) is 0 Å². The lowest BCUT2D eigenvalue weighted by Crippen LogP contribution is -1.97. The molecule has 2 heterocycles. The molecule has 0 aliphatic rings. The van der Waals surface area contributed by atoms with Crippen LogP contribution in [0.1, 0.15) is 0 Å². The molecule has 8 aromatic carbocycles. The molecule has 2 aromatic heterocycles. The summed E-state index contributed by atoms with van der Waals surface area (Å²) in [5, 5.41) is 5.94. The number of aromatic nitrogens is 3. The second-order valence-corrected chi connectivity index (χ2v) is 13.6. The minimum atomic E-state index is 0.666. The highest BCUT2D eigenvalue weighted by Crippen LogP contribution is 2.38. The van der Waals surface area contributed by atoms with Crippen LogP contribution in [0, 0.1) is 0 Å². The van der Waals surface area contributed by atoms with E-state index in [0.717, 1.165) is 55.6 Å². The van der Waals surface area contributed by atoms with Crippen molar-refractivity contribution in [3.05, 3.63) is 200 Å². The molecule has 0 atom stereocenters. The van der Waals surface area contributed by atoms with E-state index in [1.165, 1.54) is 38.4 Å². The van der Waals surface area contributed by atoms with E-state index < -0.39 is 0 Å². The van der Waals surface area contributed by atoms with Crippen LogP contribution in [0.15, 0.2) is 200 Å². The van der Waals surface area contributed by atoms with Crippen LogP contribution in [0.2, 0.25) is 0 Å². The molecular formula is C51H33N3. The number of fused-ring (bicyclic) bond motifs is 5. The van der Waals surface area contributed by atoms with Crippen molar-refractivity contribution < 1.29 is 0 Å². The van der Waals surface area contributed by atoms with E-state index in [1.807, 2.05) is 12.1 Å². The summed E-state index contributed by atoms with van der Waals surface area (Å²) in [6.07, 6.45) is 0. The first-order valence-electron chi connectivity index (χ1n) is 18.3. The number of benzene rings is 8. The molecule has 252 valence electrons. The smallest absolute Gasteiger partial charge is 0.160 e. The fourth-order valence-corrected chi connectivity index (χ4v) is 7.55. The number of para-hydroxylation sites is 1. The van der Waals surface area contributed by atoms with Gasteiger partial charge in [-0.05, 0) is 51.2 Å². The SMILES string of the molecule is c1ccc(-c2ccc(-c3cc(-c4ccc(-c5ccccc5)cc4)nc(-c4cccc(-c5nc6ccccc6c6c5ccc5ccccc56)c4)n3)cc2)cc1. The molecule has 10 aromatic rings. The van der Waals surface area contributed by atoms with Crippen LogP contribution >= 0.6 is 0 Å². The third-order valence-electron chi connectivity index (χ3n) is 10.3. The first kappa shape index (κ1) is 31.5. The van der Waals surface area contributed by atoms with Gasteiger partial charge in [0.2, 0.25) is 0 Å². The Labute approximate surface area is 313 Å². The Morgan fingerprint density at radius 2 is 0.778 bits per heavy atom. The number of hydrogen-bond donors (Lipinski definition) is 0. The molecule has 0 radical (unpaired) electrons. The molecule has 3 nitrogen and oxygen atoms in total. The first-order valence-corrected chi connectivity index (χ1v) is 18.3. The Balaban J connectivity index is 1.12. The molecule has 10 rings (SSSR count). The lowest BCUT2D eigenvalue weighted by Gasteiger charge is -2.14. The van der Waals surface area contributed by atoms with E-state index in [-0.39, 0.29) is 0 Å². The summed E-state index contributed by atoms with van der Waals surface area (Å²) < 4.78 is 0. The standard InChI is InChI=1S/C51H33N3/c1-3-12-34(13-4-1)36-22-26-39(27-23-36)47-33-48(40-28-24-37(25-29-40)35-14-5-2-6-15-35)54-51(53-47)42-18-11-17-41(32-42)50-45-31-30-38-16-7-8-19-43(38)49(45)44-20-9-10-21-46(44)52-50/h1-33H. The van der Waals surface area contributed by atoms with Gasteiger partial charge in [-0.1, -0.05) is 182 Å². The van der Waals surface area contributed by atoms with Crippen LogP contribution in [0.5, 0.6) is 0 Å². The Morgan fingerprint density at radius 3 is 1.43 bits per heavy atom. The van der Waals surface area contributed by atoms with Crippen LogP contribution < -0.4 is 0 Å². The molecule has 0 saturated heterocycles. The van der Waals surface area contributed by atoms with Gasteiger partial charge in [0.1, 0.15) is 0 Å². The van der Waals surface area contributed by atoms with E-state index in [0.29, 0.717) is 5.82 Å². The van der Waals surface area contributed by atoms with Gasteiger partial charge >= 0.3 is 0 Å². The lowest BCUT2D eigenvalue weighted by atomic mass is 9.94. The molecular weight excluding hydrogens is 655 g/mol. The number of nitrogens with zero attached hydrogens (tertiary/aromatic N) is 3. The van der Waals surface area contributed by atoms with Crippen molar-refractivity contribution in [1.82, 2.24) is 15.0 Å². The summed E-state index contributed by atoms with van der Waals surface area (Å²) in [7, 11) is 0. The summed E-state index contributed by atoms with van der Waals surface area (Å²) in [6.45, 7) is 0. The van der Waals surface area contributed by atoms with E-state index in [4.69, 9.17) is 15.0 Å². The Bertz CT molecular complexity index is 2840. The van der Waals surface area contributed by atoms with Crippen LogP contribution in [0.25, 0.3) is 99.9 Å². The summed E-state index contributed by atoms with van der Waals surface area (Å²) in [4.78, 5) is 15.7. The predicted octanol–water partition coefficient (Wildman–Crippen LogP) is 13.3. The molecule has 0 amide bonds. The minimum Gasteiger partial charge on any atom is -0.247 e. The van der Waals surface area contributed by atoms with Crippen molar-refractivity contribution in [3.8, 4) is 67.4 Å². The van der Waals surface area contributed by atoms with Crippen molar-refractivity contribution in [2.24, 2.45) is 0 Å². The molecule has 3 heteroatoms. The monoisotopic (exact) mass is 687 g/mol. The first-order chi connectivity index (χ1) is 26.7. The minimum absolute atomic E-state index is 0.666. The van der Waals surface area contributed by atoms with Crippen LogP contribution in [0.3, 0.4) is 0 Å². The van der Waals surface area contributed by atoms with Crippen molar-refractivity contribution in [2.75, 3.05) is 0 Å². The van der Waals surface area contributed by atoms with Gasteiger partial charge in [0, 0.05) is 38.4 Å². The second-order valence-electron chi connectivity index (χ2n) is 13.6. The zero-order valence-corrected chi connectivity index (χ0v) is 29.4. The van der Waals surface area contributed by atoms with Gasteiger partial charge in [0.15, 0.2) is 5.82 Å². The molecule has 54 heavy (non-hydrogen) atoms. The molecule has 0 bridgehead atoms. The van der Waals surface area contributed by atoms with Crippen molar-refractivity contribution in [1.29, 1.82) is 0 Å². The van der Waals surface area contributed by atoms with Gasteiger partial charge in [-0.15, -0.1) is 0 Å². The Hall–Kier alpha value is -7.23. The molecule has 0 aliphatic carbocycles. The van der Waals surface area contributed by atoms with Gasteiger partial charge in [-0.2, -0.15) is 0 Å². The Morgan fingerprint density at radius 1 is 0.278 bits per heavy atom. The van der Waals surface area contributed by atoms with Crippen LogP contribution in [-0.4, -0.2) is 15.0 Å². The summed E-state index contributed by atoms with van der Waals surface area (Å²) in [6, 6.07) is 70.3. The summed E-state index contributed by atoms with van der Waals surface area (Å²) >= 11 is 0. The van der Waals surface area contributed by atoms with Crippen molar-refractivity contribution in [3.63, 3.8) is 0 Å². The van der Waals surface area contributed by atoms with Gasteiger partial charge in [0.05, 0.1) is 22.6 Å². The molecule has 0 fully saturated rings. The maximum absolute atomic E-state index is 5.27. The summed E-state index contributed by atoms with van der Waals surface area (Å²) in [5.41, 5.74) is 12.4. The highest BCUT2D eigenvalue weighted by Gasteiger charge is 2.16. The molecule has 0 aliphatic heterocycles. The molecule has 0 N–H and O–H groups in total. The van der Waals surface area contributed by atoms with E-state index in [1.54, 1.807) is 0 Å². The Kier molecular flexibility index (Phi) is 7.81. The van der Waals surface area contributed by atoms with Gasteiger partial charge in [-0.25, -0.2) is 15.0 Å². The third-order valence-corrected chi connectivity index (χ3v) is 10.3. The van der Waals surface area contributed by atoms with Crippen LogP contribution in [-0.2, 0) is 0 Å². The predicted molar refractivity (Wildman–Crippen MR) is 225 cm³/mol. The second kappa shape index (κ2) is 13.4. The van der Waals surface area contributed by atoms with Gasteiger partial charge in [-0.3, -0.25) is 0 Å². The van der Waals surface area contributed by atoms with Gasteiger partial charge < -0.3 is 0 Å². The average Bonchev–Trinajstić information content (AvgIpc) is 3.26. The maximum atomic E-state index is 5.27. The molecule has 0 unspecified atom stereocenters. The quantitative estimate of drug-likeness (QED) is 0.163. The average molecular weight is 688 g/mol. The zero-order valence-electron chi connectivity index (χ0n) is 29.4. The maximum Gasteiger partial charge on any atom is 0.160 e. The van der Waals surface area contributed by atoms with Crippen LogP contribution in [0.4, 0.5) is 0 Å². The third kappa shape index (κ3) is 5.78. The van der Waals surface area contributed by atoms with E-state index in [9.17, 15) is 0 Å². The number of hydrogen-bond acceptors (Lipinski definition) is 3. The summed E-state index contributed by atoms with van der Waals surface area (Å²) in [5.74, 6) is 0.666. The fraction of sp³-hybridized carbons (Fsp3) is 0. The lowest BCUT2D eigenvalue weighted by molar-refractivity contribution is 1.18. The van der Waals surface area contributed by atoms with Crippen molar-refractivity contribution >= 4 is 32.4 Å². The molecule has 0 saturated carbocycles. The zero-order chi connectivity index (χ0) is 35.8. The van der Waals surface area contributed by atoms with E-state index >= 15 is 0 Å². The highest BCUT2D eigenvalue weighted by molar-refractivity contribution is 6.22. The fourth-order valence-electron chi connectivity index (χ4n) is 7.55. The number of pyridine rings is 1. The highest BCUT2D eigenvalue weighted by atomic mass is 14.9.